The number of allylic oxidation sites excluding steroid dienone is 1. The molecule has 3 nitrogen and oxygen atoms in total. The minimum atomic E-state index is -0.0190. The van der Waals surface area contributed by atoms with Gasteiger partial charge in [-0.3, -0.25) is 4.79 Å². The van der Waals surface area contributed by atoms with Crippen LogP contribution >= 0.6 is 11.3 Å². The van der Waals surface area contributed by atoms with Crippen molar-refractivity contribution in [3.63, 3.8) is 0 Å². The highest BCUT2D eigenvalue weighted by molar-refractivity contribution is 7.18. The lowest BCUT2D eigenvalue weighted by molar-refractivity contribution is -0.658. The number of hydrogen-bond donors (Lipinski definition) is 0. The number of benzene rings is 2. The maximum Gasteiger partial charge on any atom is 0.263 e. The molecule has 0 N–H and O–H groups in total. The minimum absolute atomic E-state index is 0. The van der Waals surface area contributed by atoms with Crippen molar-refractivity contribution in [3.05, 3.63) is 88.2 Å². The number of aromatic nitrogens is 1. The van der Waals surface area contributed by atoms with Gasteiger partial charge in [0.1, 0.15) is 16.5 Å². The smallest absolute Gasteiger partial charge is 0.263 e. The molecule has 0 amide bonds. The van der Waals surface area contributed by atoms with E-state index in [0.29, 0.717) is 16.5 Å². The Morgan fingerprint density at radius 2 is 1.85 bits per heavy atom. The standard InChI is InChI=1S/C21H16NO2S.BrH/c1-2-13-22-17-8-4-6-10-19(17)25-20(22)12-11-15-14-24-18-9-5-3-7-16(18)21(15)23;/h2-12,14H,1,13H2;1H/q+1;/p-1/b12-11+;. The average molecular weight is 426 g/mol. The van der Waals surface area contributed by atoms with Crippen LogP contribution in [0.25, 0.3) is 33.3 Å². The molecule has 0 aliphatic rings. The van der Waals surface area contributed by atoms with Gasteiger partial charge in [0.2, 0.25) is 5.52 Å². The van der Waals surface area contributed by atoms with Crippen LogP contribution in [0.2, 0.25) is 0 Å². The van der Waals surface area contributed by atoms with Crippen molar-refractivity contribution in [2.24, 2.45) is 0 Å². The molecule has 0 saturated heterocycles. The van der Waals surface area contributed by atoms with Crippen molar-refractivity contribution in [3.8, 4) is 0 Å². The third kappa shape index (κ3) is 3.28. The summed E-state index contributed by atoms with van der Waals surface area (Å²) in [5, 5.41) is 1.66. The second kappa shape index (κ2) is 7.81. The van der Waals surface area contributed by atoms with E-state index in [0.717, 1.165) is 17.1 Å². The predicted molar refractivity (Wildman–Crippen MR) is 104 cm³/mol. The Balaban J connectivity index is 0.00000196. The van der Waals surface area contributed by atoms with Crippen LogP contribution in [0.4, 0.5) is 0 Å². The van der Waals surface area contributed by atoms with Crippen molar-refractivity contribution in [2.75, 3.05) is 0 Å². The van der Waals surface area contributed by atoms with Gasteiger partial charge in [0.05, 0.1) is 10.9 Å². The van der Waals surface area contributed by atoms with Crippen molar-refractivity contribution < 1.29 is 26.0 Å². The number of nitrogens with zero attached hydrogens (tertiary/aromatic N) is 1. The van der Waals surface area contributed by atoms with E-state index in [1.807, 2.05) is 42.5 Å². The summed E-state index contributed by atoms with van der Waals surface area (Å²) in [5.41, 5.74) is 2.29. The van der Waals surface area contributed by atoms with Gasteiger partial charge in [0, 0.05) is 12.1 Å². The molecule has 0 spiro atoms. The van der Waals surface area contributed by atoms with Gasteiger partial charge < -0.3 is 21.4 Å². The lowest BCUT2D eigenvalue weighted by Crippen LogP contribution is -3.00. The Hall–Kier alpha value is -2.50. The molecule has 26 heavy (non-hydrogen) atoms. The van der Waals surface area contributed by atoms with Crippen LogP contribution in [0.3, 0.4) is 0 Å². The Morgan fingerprint density at radius 3 is 2.69 bits per heavy atom. The molecule has 0 atom stereocenters. The molecule has 0 unspecified atom stereocenters. The molecular weight excluding hydrogens is 410 g/mol. The monoisotopic (exact) mass is 425 g/mol. The SMILES string of the molecule is C=CC[n+]1c(/C=C/c2coc3ccccc3c2=O)sc2ccccc21.[Br-]. The topological polar surface area (TPSA) is 34.1 Å². The van der Waals surface area contributed by atoms with E-state index in [-0.39, 0.29) is 22.4 Å². The molecule has 5 heteroatoms. The first-order valence-corrected chi connectivity index (χ1v) is 8.80. The van der Waals surface area contributed by atoms with E-state index in [9.17, 15) is 4.79 Å². The zero-order valence-corrected chi connectivity index (χ0v) is 16.3. The summed E-state index contributed by atoms with van der Waals surface area (Å²) < 4.78 is 8.97. The zero-order valence-electron chi connectivity index (χ0n) is 13.9. The summed E-state index contributed by atoms with van der Waals surface area (Å²) in [7, 11) is 0. The van der Waals surface area contributed by atoms with Crippen molar-refractivity contribution in [2.45, 2.75) is 6.54 Å². The molecule has 2 aromatic heterocycles. The largest absolute Gasteiger partial charge is 1.00 e. The van der Waals surface area contributed by atoms with E-state index in [1.54, 1.807) is 23.5 Å². The Morgan fingerprint density at radius 1 is 1.08 bits per heavy atom. The Bertz CT molecular complexity index is 1170. The second-order valence-corrected chi connectivity index (χ2v) is 6.72. The van der Waals surface area contributed by atoms with E-state index in [4.69, 9.17) is 4.42 Å². The Labute approximate surface area is 165 Å². The fourth-order valence-electron chi connectivity index (χ4n) is 2.86. The van der Waals surface area contributed by atoms with Crippen LogP contribution in [0.5, 0.6) is 0 Å². The first-order valence-electron chi connectivity index (χ1n) is 7.99. The number of thiazole rings is 1. The third-order valence-electron chi connectivity index (χ3n) is 4.06. The fraction of sp³-hybridized carbons (Fsp3) is 0.0476. The fourth-order valence-corrected chi connectivity index (χ4v) is 3.94. The van der Waals surface area contributed by atoms with Gasteiger partial charge in [-0.2, -0.15) is 4.57 Å². The van der Waals surface area contributed by atoms with Gasteiger partial charge in [-0.1, -0.05) is 42.2 Å². The van der Waals surface area contributed by atoms with E-state index >= 15 is 0 Å². The molecule has 2 aromatic carbocycles. The first-order chi connectivity index (χ1) is 12.3. The maximum atomic E-state index is 12.6. The molecule has 4 rings (SSSR count). The van der Waals surface area contributed by atoms with Crippen LogP contribution in [-0.2, 0) is 6.54 Å². The maximum absolute atomic E-state index is 12.6. The van der Waals surface area contributed by atoms with Gasteiger partial charge in [-0.25, -0.2) is 0 Å². The first kappa shape index (κ1) is 18.3. The zero-order chi connectivity index (χ0) is 17.2. The lowest BCUT2D eigenvalue weighted by Gasteiger charge is -1.97. The lowest BCUT2D eigenvalue weighted by atomic mass is 10.1. The molecule has 130 valence electrons. The predicted octanol–water partition coefficient (Wildman–Crippen LogP) is 1.66. The molecule has 2 heterocycles. The van der Waals surface area contributed by atoms with Crippen LogP contribution in [0.15, 0.2) is 76.7 Å². The van der Waals surface area contributed by atoms with E-state index in [1.165, 1.54) is 11.0 Å². The van der Waals surface area contributed by atoms with Crippen molar-refractivity contribution >= 4 is 44.7 Å². The Kier molecular flexibility index (Phi) is 5.49. The summed E-state index contributed by atoms with van der Waals surface area (Å²) >= 11 is 1.69. The van der Waals surface area contributed by atoms with E-state index < -0.39 is 0 Å². The van der Waals surface area contributed by atoms with Crippen LogP contribution in [0.1, 0.15) is 10.6 Å². The molecule has 0 saturated carbocycles. The molecule has 4 aromatic rings. The van der Waals surface area contributed by atoms with Crippen molar-refractivity contribution in [1.82, 2.24) is 0 Å². The summed E-state index contributed by atoms with van der Waals surface area (Å²) in [6, 6.07) is 15.5. The number of halogens is 1. The quantitative estimate of drug-likeness (QED) is 0.368. The molecular formula is C21H16BrNO2S. The van der Waals surface area contributed by atoms with Gasteiger partial charge in [-0.05, 0) is 30.4 Å². The number of hydrogen-bond acceptors (Lipinski definition) is 3. The number of fused-ring (bicyclic) bond motifs is 2. The molecule has 0 fully saturated rings. The highest BCUT2D eigenvalue weighted by Crippen LogP contribution is 2.22. The van der Waals surface area contributed by atoms with Gasteiger partial charge in [-0.15, -0.1) is 0 Å². The summed E-state index contributed by atoms with van der Waals surface area (Å²) in [6.45, 7) is 4.56. The number of para-hydroxylation sites is 2. The summed E-state index contributed by atoms with van der Waals surface area (Å²) in [6.07, 6.45) is 7.19. The van der Waals surface area contributed by atoms with Crippen LogP contribution < -0.4 is 27.0 Å². The second-order valence-electron chi connectivity index (χ2n) is 5.66. The molecule has 0 radical (unpaired) electrons. The summed E-state index contributed by atoms with van der Waals surface area (Å²) in [5.74, 6) is 0. The van der Waals surface area contributed by atoms with Crippen LogP contribution in [0, 0.1) is 0 Å². The number of rotatable bonds is 4. The molecule has 0 aliphatic heterocycles. The normalized spacial score (nSPS) is 11.1. The summed E-state index contributed by atoms with van der Waals surface area (Å²) in [4.78, 5) is 12.6. The van der Waals surface area contributed by atoms with Gasteiger partial charge >= 0.3 is 0 Å². The van der Waals surface area contributed by atoms with Gasteiger partial charge in [0.15, 0.2) is 12.0 Å². The molecule has 0 aliphatic carbocycles. The minimum Gasteiger partial charge on any atom is -1.00 e. The van der Waals surface area contributed by atoms with Crippen molar-refractivity contribution in [1.29, 1.82) is 0 Å². The van der Waals surface area contributed by atoms with E-state index in [2.05, 4.69) is 23.3 Å². The third-order valence-corrected chi connectivity index (χ3v) is 5.19. The average Bonchev–Trinajstić information content (AvgIpc) is 3.00. The highest BCUT2D eigenvalue weighted by Gasteiger charge is 2.16. The highest BCUT2D eigenvalue weighted by atomic mass is 79.9. The molecule has 0 bridgehead atoms. The van der Waals surface area contributed by atoms with Crippen LogP contribution in [-0.4, -0.2) is 0 Å². The van der Waals surface area contributed by atoms with Gasteiger partial charge in [0.25, 0.3) is 5.01 Å².